The van der Waals surface area contributed by atoms with E-state index < -0.39 is 5.97 Å². The molecule has 21 heavy (non-hydrogen) atoms. The van der Waals surface area contributed by atoms with E-state index in [4.69, 9.17) is 15.2 Å². The third kappa shape index (κ3) is 3.08. The predicted octanol–water partition coefficient (Wildman–Crippen LogP) is 2.69. The largest absolute Gasteiger partial charge is 0.492 e. The van der Waals surface area contributed by atoms with Crippen LogP contribution in [-0.4, -0.2) is 25.2 Å². The van der Waals surface area contributed by atoms with Crippen LogP contribution >= 0.6 is 11.3 Å². The summed E-state index contributed by atoms with van der Waals surface area (Å²) in [5, 5.41) is 3.99. The number of rotatable bonds is 5. The first kappa shape index (κ1) is 15.1. The van der Waals surface area contributed by atoms with E-state index in [2.05, 4.69) is 10.3 Å². The van der Waals surface area contributed by atoms with Crippen LogP contribution in [0.5, 0.6) is 5.75 Å². The fourth-order valence-corrected chi connectivity index (χ4v) is 3.00. The van der Waals surface area contributed by atoms with Crippen molar-refractivity contribution in [2.75, 3.05) is 25.3 Å². The minimum Gasteiger partial charge on any atom is -0.492 e. The number of nitrogens with one attached hydrogen (secondary N) is 1. The summed E-state index contributed by atoms with van der Waals surface area (Å²) in [5.74, 6) is -0.0123. The molecule has 0 saturated carbocycles. The molecule has 0 fully saturated rings. The molecule has 2 aromatic rings. The molecule has 0 aromatic carbocycles. The monoisotopic (exact) mass is 307 g/mol. The van der Waals surface area contributed by atoms with Crippen LogP contribution in [0.2, 0.25) is 0 Å². The molecule has 112 valence electrons. The van der Waals surface area contributed by atoms with Gasteiger partial charge in [-0.3, -0.25) is 4.98 Å². The van der Waals surface area contributed by atoms with Gasteiger partial charge in [-0.1, -0.05) is 0 Å². The predicted molar refractivity (Wildman–Crippen MR) is 82.9 cm³/mol. The minimum absolute atomic E-state index is 0.0189. The average molecular weight is 307 g/mol. The van der Waals surface area contributed by atoms with Crippen molar-refractivity contribution in [1.82, 2.24) is 4.98 Å². The lowest BCUT2D eigenvalue weighted by atomic mass is 10.1. The number of nitrogen functional groups attached to an aromatic ring is 1. The summed E-state index contributed by atoms with van der Waals surface area (Å²) in [6.45, 7) is 2.00. The Kier molecular flexibility index (Phi) is 4.64. The van der Waals surface area contributed by atoms with Gasteiger partial charge in [-0.05, 0) is 24.6 Å². The highest BCUT2D eigenvalue weighted by Crippen LogP contribution is 2.44. The second kappa shape index (κ2) is 6.45. The number of anilines is 2. The van der Waals surface area contributed by atoms with Crippen molar-refractivity contribution in [3.05, 3.63) is 35.0 Å². The summed E-state index contributed by atoms with van der Waals surface area (Å²) >= 11 is 1.22. The van der Waals surface area contributed by atoms with Gasteiger partial charge in [-0.25, -0.2) is 4.79 Å². The highest BCUT2D eigenvalue weighted by atomic mass is 32.1. The highest BCUT2D eigenvalue weighted by molar-refractivity contribution is 7.19. The second-order valence-corrected chi connectivity index (χ2v) is 5.37. The summed E-state index contributed by atoms with van der Waals surface area (Å²) in [7, 11) is 2.84. The normalized spacial score (nSPS) is 11.8. The lowest BCUT2D eigenvalue weighted by molar-refractivity contribution is 0.0607. The number of methoxy groups -OCH3 is 2. The molecule has 2 rings (SSSR count). The molecule has 0 radical (unpaired) electrons. The maximum atomic E-state index is 11.7. The number of thiophene rings is 1. The molecule has 3 N–H and O–H groups in total. The summed E-state index contributed by atoms with van der Waals surface area (Å²) in [6.07, 6.45) is 3.46. The molecule has 2 heterocycles. The van der Waals surface area contributed by atoms with E-state index in [-0.39, 0.29) is 6.04 Å². The van der Waals surface area contributed by atoms with Crippen LogP contribution in [0.3, 0.4) is 0 Å². The molecular weight excluding hydrogens is 290 g/mol. The van der Waals surface area contributed by atoms with Crippen molar-refractivity contribution in [1.29, 1.82) is 0 Å². The molecule has 0 aliphatic heterocycles. The van der Waals surface area contributed by atoms with Crippen LogP contribution in [0.15, 0.2) is 24.5 Å². The summed E-state index contributed by atoms with van der Waals surface area (Å²) in [5.41, 5.74) is 7.30. The van der Waals surface area contributed by atoms with Crippen molar-refractivity contribution >= 4 is 28.0 Å². The lowest BCUT2D eigenvalue weighted by Gasteiger charge is -2.15. The van der Waals surface area contributed by atoms with Crippen LogP contribution < -0.4 is 15.8 Å². The number of hydrogen-bond donors (Lipinski definition) is 2. The van der Waals surface area contributed by atoms with E-state index in [9.17, 15) is 4.79 Å². The topological polar surface area (TPSA) is 86.5 Å². The van der Waals surface area contributed by atoms with Crippen LogP contribution in [0.4, 0.5) is 10.7 Å². The van der Waals surface area contributed by atoms with Crippen LogP contribution in [0.1, 0.15) is 28.2 Å². The average Bonchev–Trinajstić information content (AvgIpc) is 2.83. The van der Waals surface area contributed by atoms with Crippen LogP contribution in [-0.2, 0) is 4.74 Å². The Morgan fingerprint density at radius 1 is 1.38 bits per heavy atom. The molecule has 0 aliphatic carbocycles. The van der Waals surface area contributed by atoms with E-state index in [1.54, 1.807) is 12.4 Å². The first-order valence-corrected chi connectivity index (χ1v) is 7.11. The summed E-state index contributed by atoms with van der Waals surface area (Å²) in [6, 6.07) is 3.86. The number of esters is 1. The van der Waals surface area contributed by atoms with Crippen molar-refractivity contribution in [2.24, 2.45) is 0 Å². The summed E-state index contributed by atoms with van der Waals surface area (Å²) in [4.78, 5) is 16.0. The quantitative estimate of drug-likeness (QED) is 0.826. The fraction of sp³-hybridized carbons (Fsp3) is 0.286. The van der Waals surface area contributed by atoms with Crippen LogP contribution in [0.25, 0.3) is 0 Å². The maximum absolute atomic E-state index is 11.7. The van der Waals surface area contributed by atoms with Gasteiger partial charge in [0, 0.05) is 18.4 Å². The van der Waals surface area contributed by atoms with Crippen molar-refractivity contribution in [2.45, 2.75) is 13.0 Å². The van der Waals surface area contributed by atoms with E-state index in [0.717, 1.165) is 5.56 Å². The molecule has 2 aromatic heterocycles. The Balaban J connectivity index is 2.29. The molecule has 1 atom stereocenters. The Morgan fingerprint density at radius 3 is 2.62 bits per heavy atom. The number of ether oxygens (including phenoxy) is 2. The highest BCUT2D eigenvalue weighted by Gasteiger charge is 2.23. The molecule has 6 nitrogen and oxygen atoms in total. The number of carbonyl (C=O) groups excluding carboxylic acids is 1. The van der Waals surface area contributed by atoms with Gasteiger partial charge < -0.3 is 20.5 Å². The number of nitrogens with two attached hydrogens (primary N) is 1. The Hall–Kier alpha value is -2.28. The zero-order chi connectivity index (χ0) is 15.4. The number of hydrogen-bond acceptors (Lipinski definition) is 7. The molecule has 0 aliphatic rings. The molecule has 0 spiro atoms. The first-order chi connectivity index (χ1) is 10.1. The van der Waals surface area contributed by atoms with Crippen molar-refractivity contribution in [3.8, 4) is 5.75 Å². The van der Waals surface area contributed by atoms with Crippen molar-refractivity contribution < 1.29 is 14.3 Å². The van der Waals surface area contributed by atoms with E-state index in [0.29, 0.717) is 21.3 Å². The molecular formula is C14H17N3O3S. The first-order valence-electron chi connectivity index (χ1n) is 6.29. The number of carbonyl (C=O) groups is 1. The maximum Gasteiger partial charge on any atom is 0.350 e. The van der Waals surface area contributed by atoms with Gasteiger partial charge in [0.25, 0.3) is 0 Å². The van der Waals surface area contributed by atoms with Gasteiger partial charge in [-0.15, -0.1) is 11.3 Å². The van der Waals surface area contributed by atoms with Gasteiger partial charge in [0.1, 0.15) is 15.6 Å². The zero-order valence-corrected chi connectivity index (χ0v) is 12.9. The standard InChI is InChI=1S/C14H17N3O3S/c1-8(9-4-6-16-7-5-9)17-13-11(19-2)10(15)12(21-13)14(18)20-3/h4-8,17H,15H2,1-3H3. The van der Waals surface area contributed by atoms with E-state index in [1.165, 1.54) is 25.6 Å². The van der Waals surface area contributed by atoms with Gasteiger partial charge in [0.05, 0.1) is 14.2 Å². The van der Waals surface area contributed by atoms with E-state index in [1.807, 2.05) is 19.1 Å². The van der Waals surface area contributed by atoms with Gasteiger partial charge >= 0.3 is 5.97 Å². The Morgan fingerprint density at radius 2 is 2.05 bits per heavy atom. The fourth-order valence-electron chi connectivity index (χ4n) is 1.90. The number of pyridine rings is 1. The molecule has 0 saturated heterocycles. The minimum atomic E-state index is -0.472. The van der Waals surface area contributed by atoms with Gasteiger partial charge in [-0.2, -0.15) is 0 Å². The molecule has 0 amide bonds. The zero-order valence-electron chi connectivity index (χ0n) is 12.0. The number of aromatic nitrogens is 1. The third-order valence-electron chi connectivity index (χ3n) is 3.03. The molecule has 1 unspecified atom stereocenters. The van der Waals surface area contributed by atoms with Crippen LogP contribution in [0, 0.1) is 0 Å². The Labute approximate surface area is 126 Å². The number of nitrogens with zero attached hydrogens (tertiary/aromatic N) is 1. The smallest absolute Gasteiger partial charge is 0.350 e. The summed E-state index contributed by atoms with van der Waals surface area (Å²) < 4.78 is 10.0. The van der Waals surface area contributed by atoms with Crippen molar-refractivity contribution in [3.63, 3.8) is 0 Å². The molecule has 0 bridgehead atoms. The van der Waals surface area contributed by atoms with Gasteiger partial charge in [0.2, 0.25) is 0 Å². The van der Waals surface area contributed by atoms with Gasteiger partial charge in [0.15, 0.2) is 5.75 Å². The SMILES string of the molecule is COC(=O)c1sc(NC(C)c2ccncc2)c(OC)c1N. The third-order valence-corrected chi connectivity index (χ3v) is 4.13. The Bertz CT molecular complexity index is 628. The lowest BCUT2D eigenvalue weighted by Crippen LogP contribution is -2.06. The van der Waals surface area contributed by atoms with E-state index >= 15 is 0 Å². The molecule has 7 heteroatoms. The second-order valence-electron chi connectivity index (χ2n) is 4.35.